The maximum atomic E-state index is 9.59. The molecule has 3 aromatic rings. The summed E-state index contributed by atoms with van der Waals surface area (Å²) in [6.45, 7) is 2.46. The Bertz CT molecular complexity index is 715. The number of aromatic hydroxyl groups is 1. The minimum atomic E-state index is 0.257. The number of hydrogen-bond acceptors (Lipinski definition) is 3. The van der Waals surface area contributed by atoms with E-state index in [1.54, 1.807) is 12.1 Å². The first kappa shape index (κ1) is 10.1. The molecule has 0 aliphatic heterocycles. The summed E-state index contributed by atoms with van der Waals surface area (Å²) in [6, 6.07) is 7.39. The lowest BCUT2D eigenvalue weighted by molar-refractivity contribution is 0.476. The topological polar surface area (TPSA) is 63.5 Å². The molecule has 1 aromatic carbocycles. The van der Waals surface area contributed by atoms with E-state index in [1.807, 2.05) is 29.7 Å². The van der Waals surface area contributed by atoms with Gasteiger partial charge in [-0.2, -0.15) is 0 Å². The maximum Gasteiger partial charge on any atom is 0.137 e. The van der Waals surface area contributed by atoms with Crippen LogP contribution in [-0.4, -0.2) is 14.5 Å². The standard InChI is InChI=1S/C13H13N3O/c1-8-4-13-15-9(6-14)7-16(13)12-5-10(17)2-3-11(8)12/h2-5,7,17H,6,14H2,1H3. The largest absolute Gasteiger partial charge is 0.508 e. The molecule has 4 heteroatoms. The van der Waals surface area contributed by atoms with Crippen LogP contribution in [-0.2, 0) is 6.54 Å². The van der Waals surface area contributed by atoms with Gasteiger partial charge in [-0.15, -0.1) is 0 Å². The van der Waals surface area contributed by atoms with Crippen LogP contribution in [0.15, 0.2) is 30.5 Å². The van der Waals surface area contributed by atoms with E-state index in [2.05, 4.69) is 4.98 Å². The Balaban J connectivity index is 2.51. The molecule has 0 amide bonds. The van der Waals surface area contributed by atoms with E-state index >= 15 is 0 Å². The highest BCUT2D eigenvalue weighted by Crippen LogP contribution is 2.25. The number of nitrogens with two attached hydrogens (primary N) is 1. The molecule has 2 heterocycles. The average molecular weight is 227 g/mol. The Labute approximate surface area is 98.3 Å². The summed E-state index contributed by atoms with van der Waals surface area (Å²) in [5.41, 5.74) is 9.40. The molecular formula is C13H13N3O. The highest BCUT2D eigenvalue weighted by atomic mass is 16.3. The number of aromatic nitrogens is 2. The van der Waals surface area contributed by atoms with E-state index in [1.165, 1.54) is 0 Å². The fraction of sp³-hybridized carbons (Fsp3) is 0.154. The molecule has 0 spiro atoms. The number of imidazole rings is 1. The molecule has 0 fully saturated rings. The third kappa shape index (κ3) is 1.45. The van der Waals surface area contributed by atoms with Crippen LogP contribution >= 0.6 is 0 Å². The van der Waals surface area contributed by atoms with Crippen molar-refractivity contribution in [3.8, 4) is 5.75 Å². The first-order chi connectivity index (χ1) is 8.19. The van der Waals surface area contributed by atoms with Crippen LogP contribution in [0.5, 0.6) is 5.75 Å². The molecule has 3 rings (SSSR count). The van der Waals surface area contributed by atoms with Gasteiger partial charge in [0.25, 0.3) is 0 Å². The fourth-order valence-electron chi connectivity index (χ4n) is 2.16. The minimum Gasteiger partial charge on any atom is -0.508 e. The molecule has 0 saturated heterocycles. The van der Waals surface area contributed by atoms with E-state index < -0.39 is 0 Å². The lowest BCUT2D eigenvalue weighted by Gasteiger charge is -2.05. The monoisotopic (exact) mass is 227 g/mol. The zero-order valence-electron chi connectivity index (χ0n) is 9.51. The quantitative estimate of drug-likeness (QED) is 0.668. The van der Waals surface area contributed by atoms with E-state index in [0.717, 1.165) is 27.8 Å². The number of aryl methyl sites for hydroxylation is 1. The van der Waals surface area contributed by atoms with E-state index in [-0.39, 0.29) is 5.75 Å². The van der Waals surface area contributed by atoms with Crippen LogP contribution in [0.2, 0.25) is 0 Å². The second-order valence-corrected chi connectivity index (χ2v) is 4.19. The Kier molecular flexibility index (Phi) is 2.06. The first-order valence-corrected chi connectivity index (χ1v) is 5.49. The van der Waals surface area contributed by atoms with Gasteiger partial charge in [-0.3, -0.25) is 4.40 Å². The van der Waals surface area contributed by atoms with Gasteiger partial charge in [0.1, 0.15) is 11.4 Å². The smallest absolute Gasteiger partial charge is 0.137 e. The lowest BCUT2D eigenvalue weighted by Crippen LogP contribution is -1.95. The summed E-state index contributed by atoms with van der Waals surface area (Å²) < 4.78 is 1.96. The van der Waals surface area contributed by atoms with Crippen LogP contribution in [0.3, 0.4) is 0 Å². The van der Waals surface area contributed by atoms with Crippen LogP contribution in [0, 0.1) is 6.92 Å². The number of rotatable bonds is 1. The number of pyridine rings is 1. The predicted molar refractivity (Wildman–Crippen MR) is 67.0 cm³/mol. The molecular weight excluding hydrogens is 214 g/mol. The number of nitrogens with zero attached hydrogens (tertiary/aromatic N) is 2. The second-order valence-electron chi connectivity index (χ2n) is 4.19. The van der Waals surface area contributed by atoms with Crippen molar-refractivity contribution in [2.45, 2.75) is 13.5 Å². The molecule has 0 aliphatic carbocycles. The van der Waals surface area contributed by atoms with Crippen molar-refractivity contribution in [2.24, 2.45) is 5.73 Å². The van der Waals surface area contributed by atoms with E-state index in [9.17, 15) is 5.11 Å². The summed E-state index contributed by atoms with van der Waals surface area (Å²) in [7, 11) is 0. The van der Waals surface area contributed by atoms with Gasteiger partial charge >= 0.3 is 0 Å². The van der Waals surface area contributed by atoms with Crippen LogP contribution in [0.25, 0.3) is 16.6 Å². The fourth-order valence-corrected chi connectivity index (χ4v) is 2.16. The number of phenols is 1. The first-order valence-electron chi connectivity index (χ1n) is 5.49. The molecule has 0 aliphatic rings. The lowest BCUT2D eigenvalue weighted by atomic mass is 10.1. The summed E-state index contributed by atoms with van der Waals surface area (Å²) in [6.07, 6.45) is 1.91. The maximum absolute atomic E-state index is 9.59. The third-order valence-corrected chi connectivity index (χ3v) is 3.00. The highest BCUT2D eigenvalue weighted by Gasteiger charge is 2.07. The van der Waals surface area contributed by atoms with Gasteiger partial charge in [0.05, 0.1) is 11.2 Å². The van der Waals surface area contributed by atoms with Gasteiger partial charge in [-0.1, -0.05) is 0 Å². The highest BCUT2D eigenvalue weighted by molar-refractivity contribution is 5.86. The summed E-state index contributed by atoms with van der Waals surface area (Å²) >= 11 is 0. The molecule has 0 bridgehead atoms. The number of benzene rings is 1. The van der Waals surface area contributed by atoms with Crippen molar-refractivity contribution in [1.29, 1.82) is 0 Å². The number of phenolic OH excluding ortho intramolecular Hbond substituents is 1. The number of fused-ring (bicyclic) bond motifs is 3. The molecule has 4 nitrogen and oxygen atoms in total. The van der Waals surface area contributed by atoms with Gasteiger partial charge in [0, 0.05) is 24.2 Å². The number of hydrogen-bond donors (Lipinski definition) is 2. The van der Waals surface area contributed by atoms with Crippen LogP contribution in [0.4, 0.5) is 0 Å². The Morgan fingerprint density at radius 3 is 2.94 bits per heavy atom. The minimum absolute atomic E-state index is 0.257. The van der Waals surface area contributed by atoms with Gasteiger partial charge < -0.3 is 10.8 Å². The van der Waals surface area contributed by atoms with E-state index in [0.29, 0.717) is 6.54 Å². The van der Waals surface area contributed by atoms with Gasteiger partial charge in [0.15, 0.2) is 0 Å². The van der Waals surface area contributed by atoms with Gasteiger partial charge in [0.2, 0.25) is 0 Å². The average Bonchev–Trinajstić information content (AvgIpc) is 2.72. The Hall–Kier alpha value is -2.07. The van der Waals surface area contributed by atoms with Crippen molar-refractivity contribution >= 4 is 16.6 Å². The summed E-state index contributed by atoms with van der Waals surface area (Å²) in [4.78, 5) is 4.43. The third-order valence-electron chi connectivity index (χ3n) is 3.00. The Morgan fingerprint density at radius 1 is 1.35 bits per heavy atom. The molecule has 86 valence electrons. The molecule has 0 atom stereocenters. The Morgan fingerprint density at radius 2 is 2.18 bits per heavy atom. The van der Waals surface area contributed by atoms with Crippen molar-refractivity contribution in [1.82, 2.24) is 9.38 Å². The molecule has 2 aromatic heterocycles. The molecule has 0 saturated carbocycles. The van der Waals surface area contributed by atoms with Crippen molar-refractivity contribution < 1.29 is 5.11 Å². The van der Waals surface area contributed by atoms with Crippen LogP contribution < -0.4 is 5.73 Å². The van der Waals surface area contributed by atoms with Crippen molar-refractivity contribution in [2.75, 3.05) is 0 Å². The summed E-state index contributed by atoms with van der Waals surface area (Å²) in [5, 5.41) is 10.7. The SMILES string of the molecule is Cc1cc2nc(CN)cn2c2cc(O)ccc12. The van der Waals surface area contributed by atoms with Crippen LogP contribution in [0.1, 0.15) is 11.3 Å². The molecule has 17 heavy (non-hydrogen) atoms. The van der Waals surface area contributed by atoms with E-state index in [4.69, 9.17) is 5.73 Å². The second kappa shape index (κ2) is 3.46. The van der Waals surface area contributed by atoms with Gasteiger partial charge in [-0.05, 0) is 30.7 Å². The van der Waals surface area contributed by atoms with Crippen molar-refractivity contribution in [3.05, 3.63) is 41.7 Å². The van der Waals surface area contributed by atoms with Crippen molar-refractivity contribution in [3.63, 3.8) is 0 Å². The molecule has 0 radical (unpaired) electrons. The molecule has 3 N–H and O–H groups in total. The zero-order chi connectivity index (χ0) is 12.0. The molecule has 0 unspecified atom stereocenters. The normalized spacial score (nSPS) is 11.4. The summed E-state index contributed by atoms with van der Waals surface area (Å²) in [5.74, 6) is 0.257. The predicted octanol–water partition coefficient (Wildman–Crippen LogP) is 1.96. The van der Waals surface area contributed by atoms with Gasteiger partial charge in [-0.25, -0.2) is 4.98 Å². The zero-order valence-corrected chi connectivity index (χ0v) is 9.51.